The van der Waals surface area contributed by atoms with Gasteiger partial charge in [0.25, 0.3) is 5.56 Å². The van der Waals surface area contributed by atoms with E-state index < -0.39 is 0 Å². The molecule has 17 heavy (non-hydrogen) atoms. The van der Waals surface area contributed by atoms with Crippen LogP contribution >= 0.6 is 31.9 Å². The first-order valence-electron chi connectivity index (χ1n) is 5.22. The number of nitrogens with one attached hydrogen (secondary N) is 1. The van der Waals surface area contributed by atoms with Crippen molar-refractivity contribution in [2.75, 3.05) is 6.54 Å². The van der Waals surface area contributed by atoms with Gasteiger partial charge in [-0.2, -0.15) is 0 Å². The van der Waals surface area contributed by atoms with E-state index in [1.807, 2.05) is 13.8 Å². The summed E-state index contributed by atoms with van der Waals surface area (Å²) in [4.78, 5) is 23.3. The minimum absolute atomic E-state index is 0.0313. The lowest BCUT2D eigenvalue weighted by molar-refractivity contribution is -0.121. The van der Waals surface area contributed by atoms with Crippen molar-refractivity contribution in [3.8, 4) is 0 Å². The molecule has 0 spiro atoms. The summed E-state index contributed by atoms with van der Waals surface area (Å²) in [5.74, 6) is 0.232. The van der Waals surface area contributed by atoms with Gasteiger partial charge < -0.3 is 9.88 Å². The second kappa shape index (κ2) is 6.35. The predicted molar refractivity (Wildman–Crippen MR) is 73.9 cm³/mol. The van der Waals surface area contributed by atoms with Gasteiger partial charge >= 0.3 is 0 Å². The molecule has 0 fully saturated rings. The van der Waals surface area contributed by atoms with Gasteiger partial charge in [0.15, 0.2) is 0 Å². The van der Waals surface area contributed by atoms with Crippen molar-refractivity contribution in [1.82, 2.24) is 9.88 Å². The molecule has 0 aliphatic heterocycles. The molecular formula is C11H14Br2N2O2. The van der Waals surface area contributed by atoms with Gasteiger partial charge in [-0.25, -0.2) is 0 Å². The molecule has 6 heteroatoms. The average Bonchev–Trinajstić information content (AvgIpc) is 2.22. The molecule has 94 valence electrons. The molecule has 0 saturated heterocycles. The number of hydrogen-bond acceptors (Lipinski definition) is 2. The molecule has 1 heterocycles. The number of rotatable bonds is 4. The molecule has 1 rings (SSSR count). The van der Waals surface area contributed by atoms with Gasteiger partial charge in [-0.1, -0.05) is 13.8 Å². The van der Waals surface area contributed by atoms with Crippen LogP contribution in [0.1, 0.15) is 13.8 Å². The minimum Gasteiger partial charge on any atom is -0.354 e. The fourth-order valence-electron chi connectivity index (χ4n) is 1.21. The number of amides is 1. The van der Waals surface area contributed by atoms with Crippen molar-refractivity contribution in [3.63, 3.8) is 0 Å². The van der Waals surface area contributed by atoms with Crippen LogP contribution in [0, 0.1) is 5.92 Å². The predicted octanol–water partition coefficient (Wildman–Crippen LogP) is 2.15. The maximum Gasteiger partial charge on any atom is 0.265 e. The highest BCUT2D eigenvalue weighted by molar-refractivity contribution is 9.11. The third-order valence-corrected chi connectivity index (χ3v) is 3.03. The van der Waals surface area contributed by atoms with Crippen molar-refractivity contribution in [2.24, 2.45) is 5.92 Å². The molecule has 1 N–H and O–H groups in total. The maximum absolute atomic E-state index is 11.7. The fourth-order valence-corrected chi connectivity index (χ4v) is 2.47. The van der Waals surface area contributed by atoms with Crippen LogP contribution in [0.2, 0.25) is 0 Å². The summed E-state index contributed by atoms with van der Waals surface area (Å²) in [6.07, 6.45) is 1.60. The largest absolute Gasteiger partial charge is 0.354 e. The maximum atomic E-state index is 11.7. The second-order valence-corrected chi connectivity index (χ2v) is 5.91. The molecule has 0 bridgehead atoms. The van der Waals surface area contributed by atoms with E-state index in [2.05, 4.69) is 37.2 Å². The topological polar surface area (TPSA) is 51.1 Å². The number of carbonyl (C=O) groups excluding carboxylic acids is 1. The Morgan fingerprint density at radius 3 is 2.71 bits per heavy atom. The number of hydrogen-bond donors (Lipinski definition) is 1. The zero-order chi connectivity index (χ0) is 13.0. The first-order chi connectivity index (χ1) is 7.90. The quantitative estimate of drug-likeness (QED) is 0.888. The Hall–Kier alpha value is -0.620. The van der Waals surface area contributed by atoms with Crippen molar-refractivity contribution in [3.05, 3.63) is 31.6 Å². The molecule has 4 nitrogen and oxygen atoms in total. The normalized spacial score (nSPS) is 10.6. The van der Waals surface area contributed by atoms with Gasteiger partial charge in [-0.05, 0) is 43.8 Å². The highest BCUT2D eigenvalue weighted by atomic mass is 79.9. The molecule has 0 aliphatic rings. The van der Waals surface area contributed by atoms with E-state index in [4.69, 9.17) is 0 Å². The highest BCUT2D eigenvalue weighted by Crippen LogP contribution is 2.12. The third-order valence-electron chi connectivity index (χ3n) is 2.03. The molecule has 0 aliphatic carbocycles. The first kappa shape index (κ1) is 14.4. The zero-order valence-corrected chi connectivity index (χ0v) is 12.8. The third kappa shape index (κ3) is 4.63. The Bertz CT molecular complexity index is 469. The highest BCUT2D eigenvalue weighted by Gasteiger charge is 2.08. The molecule has 0 saturated carbocycles. The molecular weight excluding hydrogens is 352 g/mol. The Morgan fingerprint density at radius 1 is 1.47 bits per heavy atom. The van der Waals surface area contributed by atoms with Crippen molar-refractivity contribution in [2.45, 2.75) is 20.4 Å². The monoisotopic (exact) mass is 364 g/mol. The summed E-state index contributed by atoms with van der Waals surface area (Å²) in [6.45, 7) is 4.68. The zero-order valence-electron chi connectivity index (χ0n) is 9.67. The number of carbonyl (C=O) groups is 1. The van der Waals surface area contributed by atoms with Crippen LogP contribution in [0.15, 0.2) is 26.0 Å². The van der Waals surface area contributed by atoms with E-state index in [9.17, 15) is 9.59 Å². The minimum atomic E-state index is -0.215. The Balaban J connectivity index is 2.75. The van der Waals surface area contributed by atoms with Crippen LogP contribution in [0.4, 0.5) is 0 Å². The van der Waals surface area contributed by atoms with Crippen molar-refractivity contribution in [1.29, 1.82) is 0 Å². The summed E-state index contributed by atoms with van der Waals surface area (Å²) >= 11 is 6.43. The van der Waals surface area contributed by atoms with E-state index in [-0.39, 0.29) is 18.0 Å². The van der Waals surface area contributed by atoms with Crippen molar-refractivity contribution < 1.29 is 4.79 Å². The van der Waals surface area contributed by atoms with E-state index in [1.165, 1.54) is 4.57 Å². The molecule has 1 amide bonds. The summed E-state index contributed by atoms with van der Waals surface area (Å²) in [6, 6.07) is 1.66. The summed E-state index contributed by atoms with van der Waals surface area (Å²) in [7, 11) is 0. The molecule has 1 aromatic rings. The Labute approximate surface area is 117 Å². The number of nitrogens with zero attached hydrogens (tertiary/aromatic N) is 1. The Kier molecular flexibility index (Phi) is 5.39. The lowest BCUT2D eigenvalue weighted by Crippen LogP contribution is -2.34. The SMILES string of the molecule is CC(C)CNC(=O)Cn1cc(Br)cc(Br)c1=O. The second-order valence-electron chi connectivity index (χ2n) is 4.14. The number of pyridine rings is 1. The Morgan fingerprint density at radius 2 is 2.12 bits per heavy atom. The van der Waals surface area contributed by atoms with E-state index in [0.717, 1.165) is 4.47 Å². The van der Waals surface area contributed by atoms with Crippen LogP contribution in [-0.4, -0.2) is 17.0 Å². The summed E-state index contributed by atoms with van der Waals surface area (Å²) in [5.41, 5.74) is -0.215. The standard InChI is InChI=1S/C11H14Br2N2O2/c1-7(2)4-14-10(16)6-15-5-8(12)3-9(13)11(15)17/h3,5,7H,4,6H2,1-2H3,(H,14,16). The summed E-state index contributed by atoms with van der Waals surface area (Å²) in [5, 5.41) is 2.77. The first-order valence-corrected chi connectivity index (χ1v) is 6.81. The van der Waals surface area contributed by atoms with E-state index in [1.54, 1.807) is 12.3 Å². The number of halogens is 2. The lowest BCUT2D eigenvalue weighted by atomic mass is 10.2. The number of aromatic nitrogens is 1. The fraction of sp³-hybridized carbons (Fsp3) is 0.455. The van der Waals surface area contributed by atoms with Gasteiger partial charge in [0.1, 0.15) is 6.54 Å². The lowest BCUT2D eigenvalue weighted by Gasteiger charge is -2.09. The molecule has 0 radical (unpaired) electrons. The van der Waals surface area contributed by atoms with E-state index >= 15 is 0 Å². The van der Waals surface area contributed by atoms with Crippen LogP contribution < -0.4 is 10.9 Å². The molecule has 1 aromatic heterocycles. The summed E-state index contributed by atoms with van der Waals surface area (Å²) < 4.78 is 2.55. The van der Waals surface area contributed by atoms with Gasteiger partial charge in [-0.15, -0.1) is 0 Å². The van der Waals surface area contributed by atoms with Gasteiger partial charge in [0.2, 0.25) is 5.91 Å². The average molecular weight is 366 g/mol. The molecule has 0 aromatic carbocycles. The van der Waals surface area contributed by atoms with Gasteiger partial charge in [0, 0.05) is 17.2 Å². The van der Waals surface area contributed by atoms with Crippen molar-refractivity contribution >= 4 is 37.8 Å². The van der Waals surface area contributed by atoms with Crippen LogP contribution in [0.25, 0.3) is 0 Å². The van der Waals surface area contributed by atoms with Gasteiger partial charge in [-0.3, -0.25) is 9.59 Å². The smallest absolute Gasteiger partial charge is 0.265 e. The van der Waals surface area contributed by atoms with Crippen LogP contribution in [0.3, 0.4) is 0 Å². The van der Waals surface area contributed by atoms with Crippen LogP contribution in [-0.2, 0) is 11.3 Å². The van der Waals surface area contributed by atoms with E-state index in [0.29, 0.717) is 16.9 Å². The van der Waals surface area contributed by atoms with Gasteiger partial charge in [0.05, 0.1) is 4.47 Å². The molecule has 0 atom stereocenters. The van der Waals surface area contributed by atoms with Crippen LogP contribution in [0.5, 0.6) is 0 Å². The molecule has 0 unspecified atom stereocenters.